The smallest absolute Gasteiger partial charge is 0.132 e. The zero-order valence-electron chi connectivity index (χ0n) is 11.8. The van der Waals surface area contributed by atoms with Gasteiger partial charge in [0.2, 0.25) is 0 Å². The van der Waals surface area contributed by atoms with E-state index < -0.39 is 0 Å². The van der Waals surface area contributed by atoms with Crippen molar-refractivity contribution >= 4 is 16.9 Å². The van der Waals surface area contributed by atoms with Gasteiger partial charge in [-0.3, -0.25) is 4.79 Å². The van der Waals surface area contributed by atoms with E-state index in [1.807, 2.05) is 32.9 Å². The van der Waals surface area contributed by atoms with Gasteiger partial charge >= 0.3 is 0 Å². The van der Waals surface area contributed by atoms with Crippen molar-refractivity contribution in [1.29, 1.82) is 0 Å². The summed E-state index contributed by atoms with van der Waals surface area (Å²) in [4.78, 5) is 11.4. The molecule has 0 aliphatic heterocycles. The van der Waals surface area contributed by atoms with Crippen LogP contribution in [0.15, 0.2) is 36.9 Å². The van der Waals surface area contributed by atoms with Crippen LogP contribution in [0.25, 0.3) is 11.1 Å². The quantitative estimate of drug-likeness (QED) is 0.729. The lowest BCUT2D eigenvalue weighted by atomic mass is 9.89. The normalized spacial score (nSPS) is 13.2. The van der Waals surface area contributed by atoms with Gasteiger partial charge in [0, 0.05) is 5.92 Å². The van der Waals surface area contributed by atoms with E-state index in [0.29, 0.717) is 0 Å². The van der Waals surface area contributed by atoms with Crippen molar-refractivity contribution in [2.75, 3.05) is 0 Å². The zero-order chi connectivity index (χ0) is 13.7. The number of allylic oxidation sites excluding steroid dienone is 3. The second-order valence-corrected chi connectivity index (χ2v) is 4.86. The van der Waals surface area contributed by atoms with E-state index >= 15 is 0 Å². The van der Waals surface area contributed by atoms with Gasteiger partial charge in [0.05, 0.1) is 0 Å². The lowest BCUT2D eigenvalue weighted by Crippen LogP contribution is -2.07. The number of benzene rings is 1. The highest BCUT2D eigenvalue weighted by molar-refractivity contribution is 5.83. The third-order valence-electron chi connectivity index (χ3n) is 3.30. The summed E-state index contributed by atoms with van der Waals surface area (Å²) >= 11 is 0. The van der Waals surface area contributed by atoms with Gasteiger partial charge in [0.15, 0.2) is 0 Å². The largest absolute Gasteiger partial charge is 0.300 e. The second kappa shape index (κ2) is 6.34. The molecule has 0 spiro atoms. The molecule has 1 atom stereocenters. The molecule has 0 amide bonds. The molecule has 1 aromatic carbocycles. The first-order valence-corrected chi connectivity index (χ1v) is 6.38. The third kappa shape index (κ3) is 3.43. The van der Waals surface area contributed by atoms with Crippen molar-refractivity contribution in [3.05, 3.63) is 48.0 Å². The molecule has 0 fully saturated rings. The first-order chi connectivity index (χ1) is 8.47. The summed E-state index contributed by atoms with van der Waals surface area (Å²) in [5.41, 5.74) is 4.64. The molecular formula is C17H22O. The maximum absolute atomic E-state index is 11.4. The van der Waals surface area contributed by atoms with Gasteiger partial charge in [-0.15, -0.1) is 0 Å². The van der Waals surface area contributed by atoms with Crippen LogP contribution in [0.4, 0.5) is 0 Å². The SMILES string of the molecule is C=C(C)c1ccccc1/C(=C\C)C[C@H](C)C(C)=O. The minimum Gasteiger partial charge on any atom is -0.300 e. The first-order valence-electron chi connectivity index (χ1n) is 6.38. The minimum absolute atomic E-state index is 0.0642. The highest BCUT2D eigenvalue weighted by Gasteiger charge is 2.13. The number of hydrogen-bond donors (Lipinski definition) is 0. The molecule has 96 valence electrons. The van der Waals surface area contributed by atoms with Gasteiger partial charge < -0.3 is 0 Å². The summed E-state index contributed by atoms with van der Waals surface area (Å²) in [5.74, 6) is 0.302. The Bertz CT molecular complexity index is 480. The Kier molecular flexibility index (Phi) is 5.08. The maximum Gasteiger partial charge on any atom is 0.132 e. The molecule has 0 aliphatic carbocycles. The maximum atomic E-state index is 11.4. The summed E-state index contributed by atoms with van der Waals surface area (Å²) in [6, 6.07) is 8.24. The lowest BCUT2D eigenvalue weighted by Gasteiger charge is -2.15. The predicted octanol–water partition coefficient (Wildman–Crippen LogP) is 4.74. The fourth-order valence-corrected chi connectivity index (χ4v) is 1.99. The Labute approximate surface area is 110 Å². The number of carbonyl (C=O) groups excluding carboxylic acids is 1. The van der Waals surface area contributed by atoms with Crippen LogP contribution in [0.5, 0.6) is 0 Å². The average molecular weight is 242 g/mol. The standard InChI is InChI=1S/C17H22O/c1-6-15(11-13(4)14(5)18)17-10-8-7-9-16(17)12(2)3/h6-10,13H,2,11H2,1,3-5H3/b15-6-/t13-/m0/s1. The average Bonchev–Trinajstić information content (AvgIpc) is 2.35. The molecule has 18 heavy (non-hydrogen) atoms. The Balaban J connectivity index is 3.11. The van der Waals surface area contributed by atoms with Crippen molar-refractivity contribution < 1.29 is 4.79 Å². The van der Waals surface area contributed by atoms with E-state index in [9.17, 15) is 4.79 Å². The zero-order valence-corrected chi connectivity index (χ0v) is 11.8. The van der Waals surface area contributed by atoms with Crippen LogP contribution >= 0.6 is 0 Å². The second-order valence-electron chi connectivity index (χ2n) is 4.86. The molecule has 0 saturated heterocycles. The number of rotatable bonds is 5. The van der Waals surface area contributed by atoms with Crippen LogP contribution in [-0.2, 0) is 4.79 Å². The molecule has 0 heterocycles. The molecular weight excluding hydrogens is 220 g/mol. The molecule has 0 N–H and O–H groups in total. The summed E-state index contributed by atoms with van der Waals surface area (Å²) in [5, 5.41) is 0. The number of ketones is 1. The topological polar surface area (TPSA) is 17.1 Å². The van der Waals surface area contributed by atoms with Crippen LogP contribution in [-0.4, -0.2) is 5.78 Å². The highest BCUT2D eigenvalue weighted by atomic mass is 16.1. The van der Waals surface area contributed by atoms with Crippen molar-refractivity contribution in [3.63, 3.8) is 0 Å². The van der Waals surface area contributed by atoms with Crippen LogP contribution in [0.2, 0.25) is 0 Å². The van der Waals surface area contributed by atoms with Crippen LogP contribution in [0.1, 0.15) is 45.2 Å². The van der Waals surface area contributed by atoms with Gasteiger partial charge in [-0.05, 0) is 43.9 Å². The molecule has 0 saturated carbocycles. The van der Waals surface area contributed by atoms with Gasteiger partial charge in [0.1, 0.15) is 5.78 Å². The molecule has 1 rings (SSSR count). The van der Waals surface area contributed by atoms with Gasteiger partial charge in [-0.25, -0.2) is 0 Å². The van der Waals surface area contributed by atoms with E-state index in [-0.39, 0.29) is 11.7 Å². The number of carbonyl (C=O) groups is 1. The van der Waals surface area contributed by atoms with Gasteiger partial charge in [-0.2, -0.15) is 0 Å². The van der Waals surface area contributed by atoms with Crippen LogP contribution in [0.3, 0.4) is 0 Å². The van der Waals surface area contributed by atoms with Crippen molar-refractivity contribution in [3.8, 4) is 0 Å². The van der Waals surface area contributed by atoms with Crippen molar-refractivity contribution in [2.45, 2.75) is 34.1 Å². The Hall–Kier alpha value is -1.63. The third-order valence-corrected chi connectivity index (χ3v) is 3.30. The molecule has 0 bridgehead atoms. The summed E-state index contributed by atoms with van der Waals surface area (Å²) in [7, 11) is 0. The molecule has 0 unspecified atom stereocenters. The van der Waals surface area contributed by atoms with Crippen LogP contribution in [0, 0.1) is 5.92 Å². The fraction of sp³-hybridized carbons (Fsp3) is 0.353. The summed E-state index contributed by atoms with van der Waals surface area (Å²) in [6.07, 6.45) is 2.89. The van der Waals surface area contributed by atoms with Gasteiger partial charge in [0.25, 0.3) is 0 Å². The molecule has 0 aliphatic rings. The minimum atomic E-state index is 0.0642. The Morgan fingerprint density at radius 1 is 1.28 bits per heavy atom. The molecule has 0 aromatic heterocycles. The molecule has 0 radical (unpaired) electrons. The van der Waals surface area contributed by atoms with E-state index in [4.69, 9.17) is 0 Å². The van der Waals surface area contributed by atoms with Gasteiger partial charge in [-0.1, -0.05) is 49.4 Å². The highest BCUT2D eigenvalue weighted by Crippen LogP contribution is 2.29. The molecule has 1 aromatic rings. The molecule has 1 heteroatoms. The van der Waals surface area contributed by atoms with E-state index in [2.05, 4.69) is 24.8 Å². The van der Waals surface area contributed by atoms with E-state index in [1.54, 1.807) is 6.92 Å². The van der Waals surface area contributed by atoms with Crippen molar-refractivity contribution in [1.82, 2.24) is 0 Å². The van der Waals surface area contributed by atoms with E-state index in [1.165, 1.54) is 16.7 Å². The fourth-order valence-electron chi connectivity index (χ4n) is 1.99. The first kappa shape index (κ1) is 14.4. The number of Topliss-reactive ketones (excluding diaryl/α,β-unsaturated/α-hetero) is 1. The predicted molar refractivity (Wildman–Crippen MR) is 79.3 cm³/mol. The summed E-state index contributed by atoms with van der Waals surface area (Å²) in [6.45, 7) is 11.7. The lowest BCUT2D eigenvalue weighted by molar-refractivity contribution is -0.120. The Morgan fingerprint density at radius 3 is 2.28 bits per heavy atom. The van der Waals surface area contributed by atoms with Crippen molar-refractivity contribution in [2.24, 2.45) is 5.92 Å². The Morgan fingerprint density at radius 2 is 1.83 bits per heavy atom. The monoisotopic (exact) mass is 242 g/mol. The summed E-state index contributed by atoms with van der Waals surface area (Å²) < 4.78 is 0. The molecule has 1 nitrogen and oxygen atoms in total. The van der Waals surface area contributed by atoms with Crippen LogP contribution < -0.4 is 0 Å². The van der Waals surface area contributed by atoms with E-state index in [0.717, 1.165) is 12.0 Å². The number of hydrogen-bond acceptors (Lipinski definition) is 1.